The van der Waals surface area contributed by atoms with Crippen molar-refractivity contribution >= 4 is 44.4 Å². The van der Waals surface area contributed by atoms with Crippen molar-refractivity contribution in [3.05, 3.63) is 62.6 Å². The summed E-state index contributed by atoms with van der Waals surface area (Å²) in [6, 6.07) is 7.46. The van der Waals surface area contributed by atoms with Gasteiger partial charge in [0, 0.05) is 4.88 Å². The Hall–Kier alpha value is -3.24. The first-order valence-electron chi connectivity index (χ1n) is 10.5. The van der Waals surface area contributed by atoms with Gasteiger partial charge in [-0.25, -0.2) is 9.78 Å². The van der Waals surface area contributed by atoms with E-state index in [1.165, 1.54) is 30.9 Å². The van der Waals surface area contributed by atoms with Gasteiger partial charge in [-0.3, -0.25) is 9.36 Å². The largest absolute Gasteiger partial charge is 0.467 e. The van der Waals surface area contributed by atoms with Crippen LogP contribution in [0, 0.1) is 0 Å². The van der Waals surface area contributed by atoms with Crippen molar-refractivity contribution in [2.24, 2.45) is 0 Å². The Bertz CT molecular complexity index is 1490. The number of carbonyl (C=O) groups is 1. The molecule has 0 fully saturated rings. The third kappa shape index (κ3) is 3.18. The smallest absolute Gasteiger partial charge is 0.352 e. The fraction of sp³-hybridized carbons (Fsp3) is 0.273. The van der Waals surface area contributed by atoms with Crippen LogP contribution in [0.25, 0.3) is 26.6 Å². The highest BCUT2D eigenvalue weighted by atomic mass is 32.1. The maximum atomic E-state index is 13.4. The van der Waals surface area contributed by atoms with Crippen molar-refractivity contribution in [2.45, 2.75) is 38.8 Å². The van der Waals surface area contributed by atoms with Crippen LogP contribution in [0.3, 0.4) is 0 Å². The molecule has 0 atom stereocenters. The lowest BCUT2D eigenvalue weighted by atomic mass is 9.97. The molecule has 0 radical (unpaired) electrons. The van der Waals surface area contributed by atoms with Crippen molar-refractivity contribution < 1.29 is 9.21 Å². The number of furan rings is 1. The summed E-state index contributed by atoms with van der Waals surface area (Å²) in [6.45, 7) is 0.193. The molecule has 0 aliphatic heterocycles. The van der Waals surface area contributed by atoms with Crippen LogP contribution in [0.5, 0.6) is 0 Å². The van der Waals surface area contributed by atoms with Gasteiger partial charge in [0.25, 0.3) is 0 Å². The van der Waals surface area contributed by atoms with Crippen LogP contribution in [0.1, 0.15) is 29.0 Å². The van der Waals surface area contributed by atoms with Crippen molar-refractivity contribution in [1.29, 1.82) is 0 Å². The number of hydrogen-bond donors (Lipinski definition) is 1. The molecule has 0 bridgehead atoms. The summed E-state index contributed by atoms with van der Waals surface area (Å²) in [4.78, 5) is 33.9. The van der Waals surface area contributed by atoms with Crippen molar-refractivity contribution in [3.8, 4) is 10.7 Å². The predicted octanol–water partition coefficient (Wildman–Crippen LogP) is 3.62. The molecule has 1 aliphatic rings. The number of fused-ring (bicyclic) bond motifs is 5. The quantitative estimate of drug-likeness (QED) is 0.428. The minimum Gasteiger partial charge on any atom is -0.467 e. The Labute approximate surface area is 190 Å². The van der Waals surface area contributed by atoms with E-state index in [-0.39, 0.29) is 24.7 Å². The molecule has 0 spiro atoms. The van der Waals surface area contributed by atoms with Gasteiger partial charge in [-0.05, 0) is 54.8 Å². The predicted molar refractivity (Wildman–Crippen MR) is 123 cm³/mol. The molecule has 1 aliphatic carbocycles. The second kappa shape index (κ2) is 7.72. The average Bonchev–Trinajstić information content (AvgIpc) is 3.60. The number of nitrogens with one attached hydrogen (secondary N) is 1. The number of rotatable bonds is 5. The third-order valence-electron chi connectivity index (χ3n) is 5.72. The van der Waals surface area contributed by atoms with Gasteiger partial charge in [0.15, 0.2) is 11.5 Å². The van der Waals surface area contributed by atoms with Crippen LogP contribution in [0.2, 0.25) is 0 Å². The summed E-state index contributed by atoms with van der Waals surface area (Å²) in [5.41, 5.74) is 1.48. The first-order chi connectivity index (χ1) is 15.7. The molecule has 1 amide bonds. The van der Waals surface area contributed by atoms with Crippen LogP contribution in [0.4, 0.5) is 0 Å². The molecule has 8 nitrogen and oxygen atoms in total. The Morgan fingerprint density at radius 1 is 1.22 bits per heavy atom. The van der Waals surface area contributed by atoms with E-state index in [0.29, 0.717) is 17.2 Å². The summed E-state index contributed by atoms with van der Waals surface area (Å²) in [6.07, 6.45) is 5.76. The number of nitrogens with zero attached hydrogens (tertiary/aromatic N) is 4. The Kier molecular flexibility index (Phi) is 4.69. The zero-order valence-corrected chi connectivity index (χ0v) is 18.7. The molecule has 0 saturated carbocycles. The fourth-order valence-electron chi connectivity index (χ4n) is 4.23. The minimum absolute atomic E-state index is 0.0838. The lowest BCUT2D eigenvalue weighted by Gasteiger charge is -2.11. The van der Waals surface area contributed by atoms with Crippen molar-refractivity contribution in [3.63, 3.8) is 0 Å². The minimum atomic E-state index is -0.352. The van der Waals surface area contributed by atoms with Crippen LogP contribution in [0.15, 0.2) is 45.1 Å². The molecule has 5 heterocycles. The normalized spacial score (nSPS) is 13.6. The Balaban J connectivity index is 1.49. The van der Waals surface area contributed by atoms with Gasteiger partial charge in [-0.1, -0.05) is 6.07 Å². The van der Waals surface area contributed by atoms with Crippen LogP contribution < -0.4 is 11.0 Å². The summed E-state index contributed by atoms with van der Waals surface area (Å²) in [7, 11) is 0. The molecule has 1 N–H and O–H groups in total. The van der Waals surface area contributed by atoms with E-state index in [1.54, 1.807) is 29.7 Å². The van der Waals surface area contributed by atoms with E-state index in [4.69, 9.17) is 9.40 Å². The fourth-order valence-corrected chi connectivity index (χ4v) is 6.26. The molecule has 10 heteroatoms. The standard InChI is InChI=1S/C22H19N5O3S2/c28-17(23-11-13-5-3-9-30-13)12-26-21-18(14-6-1-2-7-15(14)32-21)20-24-19(16-8-4-10-31-16)25-27(20)22(26)29/h3-5,8-10H,1-2,6-7,11-12H2,(H,23,28). The molecule has 32 heavy (non-hydrogen) atoms. The number of thiophene rings is 2. The maximum absolute atomic E-state index is 13.4. The SMILES string of the molecule is O=C(Cn1c(=O)n2nc(-c3cccs3)nc2c2c3c(sc21)CCCC3)NCc1ccco1. The molecule has 6 rings (SSSR count). The number of hydrogen-bond acceptors (Lipinski definition) is 7. The van der Waals surface area contributed by atoms with Crippen LogP contribution >= 0.6 is 22.7 Å². The van der Waals surface area contributed by atoms with Gasteiger partial charge in [-0.2, -0.15) is 4.52 Å². The summed E-state index contributed by atoms with van der Waals surface area (Å²) in [5, 5.41) is 10.3. The number of aromatic nitrogens is 4. The zero-order chi connectivity index (χ0) is 21.7. The van der Waals surface area contributed by atoms with Crippen molar-refractivity contribution in [2.75, 3.05) is 0 Å². The van der Waals surface area contributed by atoms with Crippen molar-refractivity contribution in [1.82, 2.24) is 24.5 Å². The lowest BCUT2D eigenvalue weighted by molar-refractivity contribution is -0.121. The molecule has 0 aromatic carbocycles. The second-order valence-electron chi connectivity index (χ2n) is 7.76. The van der Waals surface area contributed by atoms with Gasteiger partial charge in [0.2, 0.25) is 5.91 Å². The molecule has 5 aromatic rings. The van der Waals surface area contributed by atoms with E-state index < -0.39 is 0 Å². The van der Waals surface area contributed by atoms with Gasteiger partial charge in [-0.15, -0.1) is 27.8 Å². The van der Waals surface area contributed by atoms with E-state index in [1.807, 2.05) is 17.5 Å². The highest BCUT2D eigenvalue weighted by molar-refractivity contribution is 7.19. The zero-order valence-electron chi connectivity index (χ0n) is 17.0. The first kappa shape index (κ1) is 19.4. The van der Waals surface area contributed by atoms with Crippen LogP contribution in [-0.2, 0) is 30.7 Å². The van der Waals surface area contributed by atoms with E-state index >= 15 is 0 Å². The lowest BCUT2D eigenvalue weighted by Crippen LogP contribution is -2.34. The molecule has 162 valence electrons. The second-order valence-corrected chi connectivity index (χ2v) is 9.80. The first-order valence-corrected chi connectivity index (χ1v) is 12.2. The maximum Gasteiger partial charge on any atom is 0.352 e. The van der Waals surface area contributed by atoms with E-state index in [9.17, 15) is 9.59 Å². The Morgan fingerprint density at radius 2 is 2.12 bits per heavy atom. The highest BCUT2D eigenvalue weighted by Crippen LogP contribution is 2.38. The third-order valence-corrected chi connectivity index (χ3v) is 7.90. The monoisotopic (exact) mass is 465 g/mol. The average molecular weight is 466 g/mol. The molecular weight excluding hydrogens is 446 g/mol. The number of amides is 1. The highest BCUT2D eigenvalue weighted by Gasteiger charge is 2.25. The number of carbonyl (C=O) groups excluding carboxylic acids is 1. The topological polar surface area (TPSA) is 94.4 Å². The molecule has 0 saturated heterocycles. The molecular formula is C22H19N5O3S2. The van der Waals surface area contributed by atoms with E-state index in [0.717, 1.165) is 40.8 Å². The van der Waals surface area contributed by atoms with Gasteiger partial charge < -0.3 is 9.73 Å². The Morgan fingerprint density at radius 3 is 2.94 bits per heavy atom. The number of aryl methyl sites for hydroxylation is 2. The van der Waals surface area contributed by atoms with Crippen LogP contribution in [-0.4, -0.2) is 25.1 Å². The summed E-state index contributed by atoms with van der Waals surface area (Å²) < 4.78 is 8.17. The molecule has 5 aromatic heterocycles. The molecule has 0 unspecified atom stereocenters. The van der Waals surface area contributed by atoms with Gasteiger partial charge in [0.05, 0.1) is 23.1 Å². The summed E-state index contributed by atoms with van der Waals surface area (Å²) in [5.74, 6) is 0.943. The van der Waals surface area contributed by atoms with Gasteiger partial charge in [0.1, 0.15) is 17.1 Å². The van der Waals surface area contributed by atoms with E-state index in [2.05, 4.69) is 10.4 Å². The van der Waals surface area contributed by atoms with Gasteiger partial charge >= 0.3 is 5.69 Å². The summed E-state index contributed by atoms with van der Waals surface area (Å²) >= 11 is 3.14.